The number of hydrogen-bond donors (Lipinski definition) is 2. The van der Waals surface area contributed by atoms with E-state index in [0.29, 0.717) is 0 Å². The van der Waals surface area contributed by atoms with Crippen molar-refractivity contribution in [2.45, 2.75) is 6.18 Å². The van der Waals surface area contributed by atoms with Crippen molar-refractivity contribution in [1.29, 1.82) is 0 Å². The largest absolute Gasteiger partial charge is 0.416 e. The van der Waals surface area contributed by atoms with Gasteiger partial charge in [-0.05, 0) is 30.3 Å². The van der Waals surface area contributed by atoms with Crippen LogP contribution < -0.4 is 11.1 Å². The third-order valence-electron chi connectivity index (χ3n) is 2.73. The van der Waals surface area contributed by atoms with Crippen molar-refractivity contribution in [1.82, 2.24) is 4.98 Å². The van der Waals surface area contributed by atoms with Crippen molar-refractivity contribution in [2.75, 3.05) is 5.32 Å². The minimum atomic E-state index is -4.49. The highest BCUT2D eigenvalue weighted by atomic mass is 19.4. The first-order valence-electron chi connectivity index (χ1n) is 6.02. The van der Waals surface area contributed by atoms with E-state index < -0.39 is 23.6 Å². The number of primary amides is 1. The Balaban J connectivity index is 2.17. The van der Waals surface area contributed by atoms with Gasteiger partial charge in [-0.25, -0.2) is 0 Å². The van der Waals surface area contributed by atoms with Crippen LogP contribution in [0.15, 0.2) is 42.6 Å². The van der Waals surface area contributed by atoms with Crippen LogP contribution in [0.4, 0.5) is 18.9 Å². The first-order chi connectivity index (χ1) is 10.3. The molecule has 0 radical (unpaired) electrons. The number of aromatic nitrogens is 1. The lowest BCUT2D eigenvalue weighted by atomic mass is 10.2. The van der Waals surface area contributed by atoms with Gasteiger partial charge in [0.15, 0.2) is 0 Å². The third-order valence-corrected chi connectivity index (χ3v) is 2.73. The fraction of sp³-hybridized carbons (Fsp3) is 0.0714. The Kier molecular flexibility index (Phi) is 4.11. The number of alkyl halides is 3. The molecule has 0 aliphatic carbocycles. The number of carbonyl (C=O) groups excluding carboxylic acids is 2. The van der Waals surface area contributed by atoms with Gasteiger partial charge in [-0.15, -0.1) is 0 Å². The summed E-state index contributed by atoms with van der Waals surface area (Å²) in [6, 6.07) is 6.80. The number of amides is 2. The van der Waals surface area contributed by atoms with Crippen LogP contribution in [0.5, 0.6) is 0 Å². The second-order valence-electron chi connectivity index (χ2n) is 4.33. The number of carbonyl (C=O) groups is 2. The Bertz CT molecular complexity index is 712. The first kappa shape index (κ1) is 15.5. The molecule has 0 saturated carbocycles. The van der Waals surface area contributed by atoms with Gasteiger partial charge in [0.1, 0.15) is 5.69 Å². The minimum Gasteiger partial charge on any atom is -0.364 e. The lowest BCUT2D eigenvalue weighted by molar-refractivity contribution is -0.137. The summed E-state index contributed by atoms with van der Waals surface area (Å²) in [5.41, 5.74) is 4.21. The lowest BCUT2D eigenvalue weighted by Gasteiger charge is -2.09. The molecule has 0 saturated heterocycles. The van der Waals surface area contributed by atoms with Crippen LogP contribution in [0, 0.1) is 0 Å². The predicted molar refractivity (Wildman–Crippen MR) is 72.2 cm³/mol. The molecule has 2 aromatic rings. The van der Waals surface area contributed by atoms with Gasteiger partial charge in [-0.1, -0.05) is 6.07 Å². The van der Waals surface area contributed by atoms with Crippen LogP contribution in [-0.4, -0.2) is 16.8 Å². The van der Waals surface area contributed by atoms with E-state index in [1.165, 1.54) is 24.3 Å². The smallest absolute Gasteiger partial charge is 0.364 e. The van der Waals surface area contributed by atoms with E-state index >= 15 is 0 Å². The van der Waals surface area contributed by atoms with Crippen LogP contribution in [-0.2, 0) is 6.18 Å². The van der Waals surface area contributed by atoms with Crippen LogP contribution >= 0.6 is 0 Å². The highest BCUT2D eigenvalue weighted by Gasteiger charge is 2.30. The van der Waals surface area contributed by atoms with Gasteiger partial charge in [0.25, 0.3) is 11.8 Å². The second-order valence-corrected chi connectivity index (χ2v) is 4.33. The zero-order valence-electron chi connectivity index (χ0n) is 11.0. The average Bonchev–Trinajstić information content (AvgIpc) is 2.46. The summed E-state index contributed by atoms with van der Waals surface area (Å²) in [6.45, 7) is 0. The van der Waals surface area contributed by atoms with E-state index in [4.69, 9.17) is 5.73 Å². The van der Waals surface area contributed by atoms with Gasteiger partial charge in [0.05, 0.1) is 11.1 Å². The van der Waals surface area contributed by atoms with Gasteiger partial charge in [0, 0.05) is 11.9 Å². The van der Waals surface area contributed by atoms with E-state index in [1.807, 2.05) is 0 Å². The number of benzene rings is 1. The normalized spacial score (nSPS) is 11.0. The molecular formula is C14H10F3N3O2. The van der Waals surface area contributed by atoms with Crippen molar-refractivity contribution in [3.05, 3.63) is 59.4 Å². The van der Waals surface area contributed by atoms with Gasteiger partial charge < -0.3 is 11.1 Å². The van der Waals surface area contributed by atoms with Crippen molar-refractivity contribution in [3.8, 4) is 0 Å². The predicted octanol–water partition coefficient (Wildman–Crippen LogP) is 2.45. The molecule has 0 aliphatic heterocycles. The standard InChI is InChI=1S/C14H10F3N3O2/c15-14(16,17)9-2-1-3-10(6-9)20-13(22)8-4-5-11(12(18)21)19-7-8/h1-7H,(H2,18,21)(H,20,22). The molecule has 5 nitrogen and oxygen atoms in total. The molecule has 1 aromatic carbocycles. The van der Waals surface area contributed by atoms with Crippen molar-refractivity contribution in [3.63, 3.8) is 0 Å². The summed E-state index contributed by atoms with van der Waals surface area (Å²) >= 11 is 0. The summed E-state index contributed by atoms with van der Waals surface area (Å²) in [4.78, 5) is 26.4. The van der Waals surface area contributed by atoms with Crippen LogP contribution in [0.3, 0.4) is 0 Å². The average molecular weight is 309 g/mol. The maximum Gasteiger partial charge on any atom is 0.416 e. The van der Waals surface area contributed by atoms with Crippen LogP contribution in [0.2, 0.25) is 0 Å². The van der Waals surface area contributed by atoms with Gasteiger partial charge in [-0.3, -0.25) is 14.6 Å². The zero-order valence-corrected chi connectivity index (χ0v) is 11.0. The highest BCUT2D eigenvalue weighted by Crippen LogP contribution is 2.30. The topological polar surface area (TPSA) is 85.1 Å². The Labute approximate surface area is 123 Å². The highest BCUT2D eigenvalue weighted by molar-refractivity contribution is 6.04. The Morgan fingerprint density at radius 2 is 1.86 bits per heavy atom. The molecule has 1 heterocycles. The molecule has 0 bridgehead atoms. The quantitative estimate of drug-likeness (QED) is 0.913. The van der Waals surface area contributed by atoms with E-state index in [1.54, 1.807) is 0 Å². The van der Waals surface area contributed by atoms with E-state index in [-0.39, 0.29) is 16.9 Å². The van der Waals surface area contributed by atoms with Crippen molar-refractivity contribution < 1.29 is 22.8 Å². The minimum absolute atomic E-state index is 0.00111. The van der Waals surface area contributed by atoms with Gasteiger partial charge in [-0.2, -0.15) is 13.2 Å². The molecule has 0 unspecified atom stereocenters. The van der Waals surface area contributed by atoms with E-state index in [9.17, 15) is 22.8 Å². The third kappa shape index (κ3) is 3.60. The molecule has 114 valence electrons. The maximum absolute atomic E-state index is 12.6. The summed E-state index contributed by atoms with van der Waals surface area (Å²) in [5.74, 6) is -1.40. The first-order valence-corrected chi connectivity index (χ1v) is 6.02. The van der Waals surface area contributed by atoms with Crippen LogP contribution in [0.1, 0.15) is 26.4 Å². The molecule has 2 amide bonds. The fourth-order valence-corrected chi connectivity index (χ4v) is 1.65. The Morgan fingerprint density at radius 3 is 2.41 bits per heavy atom. The van der Waals surface area contributed by atoms with Crippen molar-refractivity contribution >= 4 is 17.5 Å². The molecule has 2 rings (SSSR count). The maximum atomic E-state index is 12.6. The summed E-state index contributed by atoms with van der Waals surface area (Å²) in [5, 5.41) is 2.32. The number of pyridine rings is 1. The van der Waals surface area contributed by atoms with Crippen LogP contribution in [0.25, 0.3) is 0 Å². The molecule has 8 heteroatoms. The van der Waals surface area contributed by atoms with Gasteiger partial charge in [0.2, 0.25) is 0 Å². The number of hydrogen-bond acceptors (Lipinski definition) is 3. The van der Waals surface area contributed by atoms with Crippen molar-refractivity contribution in [2.24, 2.45) is 5.73 Å². The zero-order chi connectivity index (χ0) is 16.3. The molecule has 0 atom stereocenters. The SMILES string of the molecule is NC(=O)c1ccc(C(=O)Nc2cccc(C(F)(F)F)c2)cn1. The number of nitrogens with two attached hydrogens (primary N) is 1. The number of halogens is 3. The lowest BCUT2D eigenvalue weighted by Crippen LogP contribution is -2.16. The number of anilines is 1. The second kappa shape index (κ2) is 5.84. The monoisotopic (exact) mass is 309 g/mol. The van der Waals surface area contributed by atoms with E-state index in [2.05, 4.69) is 10.3 Å². The molecule has 3 N–H and O–H groups in total. The molecule has 0 spiro atoms. The number of rotatable bonds is 3. The molecule has 22 heavy (non-hydrogen) atoms. The van der Waals surface area contributed by atoms with Gasteiger partial charge >= 0.3 is 6.18 Å². The molecule has 0 aliphatic rings. The molecule has 1 aromatic heterocycles. The Morgan fingerprint density at radius 1 is 1.14 bits per heavy atom. The van der Waals surface area contributed by atoms with E-state index in [0.717, 1.165) is 18.3 Å². The number of nitrogens with zero attached hydrogens (tertiary/aromatic N) is 1. The molecular weight excluding hydrogens is 299 g/mol. The summed E-state index contributed by atoms with van der Waals surface area (Å²) in [7, 11) is 0. The summed E-state index contributed by atoms with van der Waals surface area (Å²) in [6.07, 6.45) is -3.38. The Hall–Kier alpha value is -2.90. The molecule has 0 fully saturated rings. The fourth-order valence-electron chi connectivity index (χ4n) is 1.65. The summed E-state index contributed by atoms with van der Waals surface area (Å²) < 4.78 is 37.7. The number of nitrogens with one attached hydrogen (secondary N) is 1.